The van der Waals surface area contributed by atoms with Gasteiger partial charge in [-0.1, -0.05) is 17.7 Å². The predicted octanol–water partition coefficient (Wildman–Crippen LogP) is 1.33. The van der Waals surface area contributed by atoms with E-state index in [1.54, 1.807) is 12.1 Å². The average Bonchev–Trinajstić information content (AvgIpc) is 2.70. The van der Waals surface area contributed by atoms with E-state index in [-0.39, 0.29) is 30.1 Å². The molecular weight excluding hydrogens is 302 g/mol. The van der Waals surface area contributed by atoms with Gasteiger partial charge in [-0.3, -0.25) is 4.79 Å². The lowest BCUT2D eigenvalue weighted by Crippen LogP contribution is -2.38. The maximum Gasteiger partial charge on any atom is 0.258 e. The van der Waals surface area contributed by atoms with Gasteiger partial charge in [0.25, 0.3) is 5.91 Å². The third kappa shape index (κ3) is 4.11. The molecule has 0 aromatic heterocycles. The molecule has 0 aliphatic carbocycles. The van der Waals surface area contributed by atoms with Crippen molar-refractivity contribution in [3.63, 3.8) is 0 Å². The van der Waals surface area contributed by atoms with Gasteiger partial charge in [0.05, 0.1) is 16.5 Å². The number of sulfone groups is 1. The highest BCUT2D eigenvalue weighted by Gasteiger charge is 2.28. The van der Waals surface area contributed by atoms with Crippen molar-refractivity contribution in [1.82, 2.24) is 5.32 Å². The highest BCUT2D eigenvalue weighted by atomic mass is 35.5. The summed E-state index contributed by atoms with van der Waals surface area (Å²) in [4.78, 5) is 11.7. The van der Waals surface area contributed by atoms with E-state index >= 15 is 0 Å². The summed E-state index contributed by atoms with van der Waals surface area (Å²) in [6.45, 7) is 1.71. The first kappa shape index (κ1) is 15.1. The lowest BCUT2D eigenvalue weighted by atomic mass is 10.2. The van der Waals surface area contributed by atoms with Crippen LogP contribution in [0, 0.1) is 6.92 Å². The minimum atomic E-state index is -3.00. The normalized spacial score (nSPS) is 20.6. The van der Waals surface area contributed by atoms with E-state index in [0.29, 0.717) is 17.2 Å². The number of hydrogen-bond acceptors (Lipinski definition) is 4. The van der Waals surface area contributed by atoms with Gasteiger partial charge >= 0.3 is 0 Å². The van der Waals surface area contributed by atoms with E-state index < -0.39 is 9.84 Å². The van der Waals surface area contributed by atoms with E-state index in [1.807, 2.05) is 13.0 Å². The lowest BCUT2D eigenvalue weighted by Gasteiger charge is -2.12. The Bertz CT molecular complexity index is 615. The Morgan fingerprint density at radius 3 is 2.90 bits per heavy atom. The summed E-state index contributed by atoms with van der Waals surface area (Å²) < 4.78 is 27.9. The quantitative estimate of drug-likeness (QED) is 0.909. The summed E-state index contributed by atoms with van der Waals surface area (Å²) in [5, 5.41) is 3.09. The maximum absolute atomic E-state index is 11.7. The van der Waals surface area contributed by atoms with Gasteiger partial charge in [-0.25, -0.2) is 8.42 Å². The third-order valence-corrected chi connectivity index (χ3v) is 5.12. The van der Waals surface area contributed by atoms with Gasteiger partial charge < -0.3 is 10.1 Å². The van der Waals surface area contributed by atoms with Gasteiger partial charge in [0, 0.05) is 6.04 Å². The van der Waals surface area contributed by atoms with Crippen molar-refractivity contribution in [3.05, 3.63) is 28.8 Å². The minimum Gasteiger partial charge on any atom is -0.482 e. The molecular formula is C13H16ClNO4S. The standard InChI is InChI=1S/C13H16ClNO4S/c1-9-2-3-11(14)12(6-9)19-7-13(16)15-10-4-5-20(17,18)8-10/h2-3,6,10H,4-5,7-8H2,1H3,(H,15,16). The first-order valence-electron chi connectivity index (χ1n) is 6.24. The number of ether oxygens (including phenoxy) is 1. The molecule has 1 N–H and O–H groups in total. The van der Waals surface area contributed by atoms with Crippen LogP contribution >= 0.6 is 11.6 Å². The Balaban J connectivity index is 1.85. The van der Waals surface area contributed by atoms with Crippen molar-refractivity contribution >= 4 is 27.3 Å². The number of halogens is 1. The number of amides is 1. The molecule has 0 bridgehead atoms. The number of nitrogens with one attached hydrogen (secondary N) is 1. The van der Waals surface area contributed by atoms with E-state index in [2.05, 4.69) is 5.32 Å². The van der Waals surface area contributed by atoms with Gasteiger partial charge in [0.15, 0.2) is 16.4 Å². The molecule has 2 rings (SSSR count). The SMILES string of the molecule is Cc1ccc(Cl)c(OCC(=O)NC2CCS(=O)(=O)C2)c1. The number of carbonyl (C=O) groups excluding carboxylic acids is 1. The van der Waals surface area contributed by atoms with Crippen LogP contribution in [0.5, 0.6) is 5.75 Å². The summed E-state index contributed by atoms with van der Waals surface area (Å²) in [6, 6.07) is 4.98. The zero-order valence-electron chi connectivity index (χ0n) is 11.1. The molecule has 1 aliphatic heterocycles. The zero-order valence-corrected chi connectivity index (χ0v) is 12.6. The summed E-state index contributed by atoms with van der Waals surface area (Å²) in [5.41, 5.74) is 0.978. The lowest BCUT2D eigenvalue weighted by molar-refractivity contribution is -0.123. The summed E-state index contributed by atoms with van der Waals surface area (Å²) in [5.74, 6) is 0.234. The molecule has 1 atom stereocenters. The highest BCUT2D eigenvalue weighted by Crippen LogP contribution is 2.25. The molecule has 1 amide bonds. The first-order valence-corrected chi connectivity index (χ1v) is 8.44. The van der Waals surface area contributed by atoms with Gasteiger partial charge in [0.2, 0.25) is 0 Å². The average molecular weight is 318 g/mol. The molecule has 7 heteroatoms. The second-order valence-corrected chi connectivity index (χ2v) is 7.53. The molecule has 0 saturated carbocycles. The molecule has 1 aromatic carbocycles. The van der Waals surface area contributed by atoms with E-state index in [0.717, 1.165) is 5.56 Å². The molecule has 1 aliphatic rings. The molecule has 5 nitrogen and oxygen atoms in total. The Kier molecular flexibility index (Phi) is 4.55. The van der Waals surface area contributed by atoms with Crippen LogP contribution in [-0.4, -0.2) is 38.5 Å². The van der Waals surface area contributed by atoms with Gasteiger partial charge in [-0.15, -0.1) is 0 Å². The number of rotatable bonds is 4. The second-order valence-electron chi connectivity index (χ2n) is 4.89. The van der Waals surface area contributed by atoms with E-state index in [1.165, 1.54) is 0 Å². The van der Waals surface area contributed by atoms with Crippen LogP contribution in [0.2, 0.25) is 5.02 Å². The van der Waals surface area contributed by atoms with Gasteiger partial charge in [0.1, 0.15) is 5.75 Å². The molecule has 20 heavy (non-hydrogen) atoms. The third-order valence-electron chi connectivity index (χ3n) is 3.04. The van der Waals surface area contributed by atoms with Gasteiger partial charge in [-0.05, 0) is 31.0 Å². The van der Waals surface area contributed by atoms with Crippen molar-refractivity contribution in [2.75, 3.05) is 18.1 Å². The van der Waals surface area contributed by atoms with Crippen LogP contribution in [0.1, 0.15) is 12.0 Å². The fourth-order valence-corrected chi connectivity index (χ4v) is 3.89. The van der Waals surface area contributed by atoms with Crippen LogP contribution in [0.15, 0.2) is 18.2 Å². The number of benzene rings is 1. The number of carbonyl (C=O) groups is 1. The van der Waals surface area contributed by atoms with Crippen LogP contribution in [0.3, 0.4) is 0 Å². The Morgan fingerprint density at radius 2 is 2.25 bits per heavy atom. The van der Waals surface area contributed by atoms with Crippen molar-refractivity contribution < 1.29 is 17.9 Å². The molecule has 1 aromatic rings. The van der Waals surface area contributed by atoms with Crippen molar-refractivity contribution in [2.24, 2.45) is 0 Å². The number of hydrogen-bond donors (Lipinski definition) is 1. The summed E-state index contributed by atoms with van der Waals surface area (Å²) in [6.07, 6.45) is 0.458. The summed E-state index contributed by atoms with van der Waals surface area (Å²) >= 11 is 5.95. The van der Waals surface area contributed by atoms with Crippen LogP contribution in [0.25, 0.3) is 0 Å². The Labute approximate surface area is 123 Å². The smallest absolute Gasteiger partial charge is 0.258 e. The number of aryl methyl sites for hydroxylation is 1. The Morgan fingerprint density at radius 1 is 1.50 bits per heavy atom. The first-order chi connectivity index (χ1) is 9.35. The molecule has 110 valence electrons. The molecule has 1 unspecified atom stereocenters. The zero-order chi connectivity index (χ0) is 14.8. The predicted molar refractivity (Wildman–Crippen MR) is 76.9 cm³/mol. The van der Waals surface area contributed by atoms with E-state index in [4.69, 9.17) is 16.3 Å². The van der Waals surface area contributed by atoms with Crippen molar-refractivity contribution in [3.8, 4) is 5.75 Å². The Hall–Kier alpha value is -1.27. The highest BCUT2D eigenvalue weighted by molar-refractivity contribution is 7.91. The molecule has 0 radical (unpaired) electrons. The largest absolute Gasteiger partial charge is 0.482 e. The molecule has 1 fully saturated rings. The summed E-state index contributed by atoms with van der Waals surface area (Å²) in [7, 11) is -3.00. The van der Waals surface area contributed by atoms with Gasteiger partial charge in [-0.2, -0.15) is 0 Å². The fraction of sp³-hybridized carbons (Fsp3) is 0.462. The van der Waals surface area contributed by atoms with Crippen LogP contribution < -0.4 is 10.1 Å². The maximum atomic E-state index is 11.7. The van der Waals surface area contributed by atoms with Crippen LogP contribution in [0.4, 0.5) is 0 Å². The molecule has 0 spiro atoms. The topological polar surface area (TPSA) is 72.5 Å². The fourth-order valence-electron chi connectivity index (χ4n) is 2.04. The van der Waals surface area contributed by atoms with Crippen molar-refractivity contribution in [2.45, 2.75) is 19.4 Å². The minimum absolute atomic E-state index is 0.00391. The van der Waals surface area contributed by atoms with Crippen molar-refractivity contribution in [1.29, 1.82) is 0 Å². The van der Waals surface area contributed by atoms with Crippen LogP contribution in [-0.2, 0) is 14.6 Å². The monoisotopic (exact) mass is 317 g/mol. The van der Waals surface area contributed by atoms with E-state index in [9.17, 15) is 13.2 Å². The molecule has 1 heterocycles. The molecule has 1 saturated heterocycles. The second kappa shape index (κ2) is 6.01.